The lowest BCUT2D eigenvalue weighted by Crippen LogP contribution is -2.12. The van der Waals surface area contributed by atoms with Crippen molar-refractivity contribution in [1.29, 1.82) is 0 Å². The largest absolute Gasteiger partial charge is 0.492 e. The van der Waals surface area contributed by atoms with E-state index in [0.717, 1.165) is 0 Å². The van der Waals surface area contributed by atoms with E-state index >= 15 is 0 Å². The van der Waals surface area contributed by atoms with E-state index in [1.165, 1.54) is 18.2 Å². The number of ether oxygens (including phenoxy) is 1. The molecule has 0 heterocycles. The molecular weight excluding hydrogens is 250 g/mol. The van der Waals surface area contributed by atoms with Crippen LogP contribution < -0.4 is 9.88 Å². The molecule has 88 valence electrons. The van der Waals surface area contributed by atoms with Crippen LogP contribution in [0.15, 0.2) is 35.7 Å². The quantitative estimate of drug-likeness (QED) is 0.651. The van der Waals surface area contributed by atoms with Gasteiger partial charge < -0.3 is 4.74 Å². The molecule has 0 unspecified atom stereocenters. The van der Waals surface area contributed by atoms with Crippen LogP contribution in [0.1, 0.15) is 6.42 Å². The molecule has 0 radical (unpaired) electrons. The molecule has 0 aromatic heterocycles. The minimum Gasteiger partial charge on any atom is -0.492 e. The van der Waals surface area contributed by atoms with E-state index in [-0.39, 0.29) is 9.92 Å². The number of primary sulfonamides is 1. The first-order valence-electron chi connectivity index (χ1n) is 4.51. The highest BCUT2D eigenvalue weighted by molar-refractivity contribution is 7.89. The Morgan fingerprint density at radius 1 is 1.50 bits per heavy atom. The van der Waals surface area contributed by atoms with Crippen molar-refractivity contribution in [2.75, 3.05) is 6.61 Å². The Balaban J connectivity index is 2.88. The lowest BCUT2D eigenvalue weighted by atomic mass is 10.3. The van der Waals surface area contributed by atoms with E-state index in [9.17, 15) is 8.42 Å². The molecule has 0 atom stereocenters. The fourth-order valence-electron chi connectivity index (χ4n) is 1.03. The standard InChI is InChI=1S/C10H12ClNO3S/c1-2-3-6-15-10-5-4-8(7-9(10)11)16(12,13)14/h2,4-5,7H,1,3,6H2,(H2,12,13,14). The van der Waals surface area contributed by atoms with Crippen molar-refractivity contribution in [2.24, 2.45) is 5.14 Å². The third-order valence-corrected chi connectivity index (χ3v) is 3.02. The molecule has 0 saturated carbocycles. The Morgan fingerprint density at radius 3 is 2.69 bits per heavy atom. The minimum atomic E-state index is -3.72. The minimum absolute atomic E-state index is 0.0337. The maximum Gasteiger partial charge on any atom is 0.238 e. The molecule has 2 N–H and O–H groups in total. The average molecular weight is 262 g/mol. The first-order chi connectivity index (χ1) is 7.45. The van der Waals surface area contributed by atoms with Gasteiger partial charge in [0.25, 0.3) is 0 Å². The van der Waals surface area contributed by atoms with Crippen molar-refractivity contribution in [3.63, 3.8) is 0 Å². The van der Waals surface area contributed by atoms with Gasteiger partial charge in [0, 0.05) is 0 Å². The number of hydrogen-bond acceptors (Lipinski definition) is 3. The van der Waals surface area contributed by atoms with E-state index in [0.29, 0.717) is 18.8 Å². The van der Waals surface area contributed by atoms with Gasteiger partial charge in [0.1, 0.15) is 5.75 Å². The van der Waals surface area contributed by atoms with Crippen LogP contribution in [-0.4, -0.2) is 15.0 Å². The molecule has 0 saturated heterocycles. The van der Waals surface area contributed by atoms with E-state index in [2.05, 4.69) is 6.58 Å². The van der Waals surface area contributed by atoms with Crippen LogP contribution in [0.2, 0.25) is 5.02 Å². The normalized spacial score (nSPS) is 11.1. The van der Waals surface area contributed by atoms with Gasteiger partial charge in [-0.1, -0.05) is 17.7 Å². The van der Waals surface area contributed by atoms with Crippen LogP contribution in [0.5, 0.6) is 5.75 Å². The summed E-state index contributed by atoms with van der Waals surface area (Å²) in [6.45, 7) is 3.99. The van der Waals surface area contributed by atoms with Gasteiger partial charge in [0.15, 0.2) is 0 Å². The average Bonchev–Trinajstić information content (AvgIpc) is 2.19. The van der Waals surface area contributed by atoms with Crippen LogP contribution in [0, 0.1) is 0 Å². The third kappa shape index (κ3) is 3.52. The van der Waals surface area contributed by atoms with E-state index < -0.39 is 10.0 Å². The molecule has 4 nitrogen and oxygen atoms in total. The molecule has 0 bridgehead atoms. The molecule has 1 rings (SSSR count). The number of nitrogens with two attached hydrogens (primary N) is 1. The van der Waals surface area contributed by atoms with Gasteiger partial charge >= 0.3 is 0 Å². The van der Waals surface area contributed by atoms with E-state index in [4.69, 9.17) is 21.5 Å². The van der Waals surface area contributed by atoms with Gasteiger partial charge in [-0.2, -0.15) is 0 Å². The Bertz CT molecular complexity index is 485. The van der Waals surface area contributed by atoms with Gasteiger partial charge in [-0.05, 0) is 24.6 Å². The predicted octanol–water partition coefficient (Wildman–Crippen LogP) is 1.94. The SMILES string of the molecule is C=CCCOc1ccc(S(N)(=O)=O)cc1Cl. The molecule has 1 aromatic rings. The second kappa shape index (κ2) is 5.34. The summed E-state index contributed by atoms with van der Waals surface area (Å²) in [7, 11) is -3.72. The lowest BCUT2D eigenvalue weighted by Gasteiger charge is -2.07. The zero-order valence-corrected chi connectivity index (χ0v) is 10.1. The molecule has 0 aliphatic rings. The highest BCUT2D eigenvalue weighted by Gasteiger charge is 2.10. The Morgan fingerprint density at radius 2 is 2.19 bits per heavy atom. The Hall–Kier alpha value is -1.04. The fourth-order valence-corrected chi connectivity index (χ4v) is 1.87. The molecular formula is C10H12ClNO3S. The number of rotatable bonds is 5. The molecule has 6 heteroatoms. The highest BCUT2D eigenvalue weighted by Crippen LogP contribution is 2.26. The van der Waals surface area contributed by atoms with Gasteiger partial charge in [0.2, 0.25) is 10.0 Å². The highest BCUT2D eigenvalue weighted by atomic mass is 35.5. The zero-order chi connectivity index (χ0) is 12.2. The van der Waals surface area contributed by atoms with Crippen LogP contribution in [0.3, 0.4) is 0 Å². The maximum atomic E-state index is 11.0. The van der Waals surface area contributed by atoms with Crippen LogP contribution in [0.25, 0.3) is 0 Å². The third-order valence-electron chi connectivity index (χ3n) is 1.81. The number of halogens is 1. The van der Waals surface area contributed by atoms with Crippen molar-refractivity contribution in [1.82, 2.24) is 0 Å². The summed E-state index contributed by atoms with van der Waals surface area (Å²) in [4.78, 5) is -0.0337. The monoisotopic (exact) mass is 261 g/mol. The Labute approximate surface area is 99.7 Å². The first-order valence-corrected chi connectivity index (χ1v) is 6.43. The van der Waals surface area contributed by atoms with E-state index in [1.54, 1.807) is 6.08 Å². The summed E-state index contributed by atoms with van der Waals surface area (Å²) < 4.78 is 27.3. The zero-order valence-electron chi connectivity index (χ0n) is 8.52. The molecule has 0 aliphatic heterocycles. The number of benzene rings is 1. The molecule has 1 aromatic carbocycles. The second-order valence-corrected chi connectivity index (χ2v) is 5.03. The van der Waals surface area contributed by atoms with E-state index in [1.807, 2.05) is 0 Å². The topological polar surface area (TPSA) is 69.4 Å². The summed E-state index contributed by atoms with van der Waals surface area (Å²) in [5, 5.41) is 5.18. The fraction of sp³-hybridized carbons (Fsp3) is 0.200. The smallest absolute Gasteiger partial charge is 0.238 e. The summed E-state index contributed by atoms with van der Waals surface area (Å²) in [5.41, 5.74) is 0. The number of hydrogen-bond donors (Lipinski definition) is 1. The van der Waals surface area contributed by atoms with Gasteiger partial charge in [-0.15, -0.1) is 6.58 Å². The number of sulfonamides is 1. The maximum absolute atomic E-state index is 11.0. The molecule has 0 aliphatic carbocycles. The first kappa shape index (κ1) is 13.0. The summed E-state index contributed by atoms with van der Waals surface area (Å²) >= 11 is 5.84. The lowest BCUT2D eigenvalue weighted by molar-refractivity contribution is 0.325. The Kier molecular flexibility index (Phi) is 4.35. The molecule has 0 amide bonds. The molecule has 16 heavy (non-hydrogen) atoms. The van der Waals surface area contributed by atoms with Crippen molar-refractivity contribution in [3.05, 3.63) is 35.9 Å². The van der Waals surface area contributed by atoms with Crippen molar-refractivity contribution in [2.45, 2.75) is 11.3 Å². The second-order valence-electron chi connectivity index (χ2n) is 3.06. The van der Waals surface area contributed by atoms with Gasteiger partial charge in [-0.3, -0.25) is 0 Å². The molecule has 0 spiro atoms. The van der Waals surface area contributed by atoms with Gasteiger partial charge in [-0.25, -0.2) is 13.6 Å². The van der Waals surface area contributed by atoms with Crippen LogP contribution >= 0.6 is 11.6 Å². The summed E-state index contributed by atoms with van der Waals surface area (Å²) in [6.07, 6.45) is 2.40. The summed E-state index contributed by atoms with van der Waals surface area (Å²) in [5.74, 6) is 0.427. The molecule has 0 fully saturated rings. The van der Waals surface area contributed by atoms with Crippen molar-refractivity contribution in [3.8, 4) is 5.75 Å². The summed E-state index contributed by atoms with van der Waals surface area (Å²) in [6, 6.07) is 4.09. The predicted molar refractivity (Wildman–Crippen MR) is 63.1 cm³/mol. The van der Waals surface area contributed by atoms with Crippen molar-refractivity contribution < 1.29 is 13.2 Å². The van der Waals surface area contributed by atoms with Crippen molar-refractivity contribution >= 4 is 21.6 Å². The van der Waals surface area contributed by atoms with Gasteiger partial charge in [0.05, 0.1) is 16.5 Å². The van der Waals surface area contributed by atoms with Crippen LogP contribution in [-0.2, 0) is 10.0 Å². The van der Waals surface area contributed by atoms with Crippen LogP contribution in [0.4, 0.5) is 0 Å².